The van der Waals surface area contributed by atoms with Gasteiger partial charge in [0.15, 0.2) is 0 Å². The number of aliphatic hydroxyl groups is 1. The zero-order valence-corrected chi connectivity index (χ0v) is 23.3. The fraction of sp³-hybridized carbons (Fsp3) is 0.393. The van der Waals surface area contributed by atoms with Crippen molar-refractivity contribution in [2.75, 3.05) is 23.7 Å². The Morgan fingerprint density at radius 3 is 2.58 bits per heavy atom. The lowest BCUT2D eigenvalue weighted by atomic mass is 9.93. The van der Waals surface area contributed by atoms with Gasteiger partial charge < -0.3 is 15.3 Å². The third-order valence-corrected chi connectivity index (χ3v) is 8.22. The van der Waals surface area contributed by atoms with Crippen LogP contribution in [0.25, 0.3) is 11.1 Å². The summed E-state index contributed by atoms with van der Waals surface area (Å²) >= 11 is 1.36. The molecule has 4 N–H and O–H groups in total. The second kappa shape index (κ2) is 10.4. The number of pyridine rings is 1. The predicted octanol–water partition coefficient (Wildman–Crippen LogP) is 5.34. The van der Waals surface area contributed by atoms with Crippen molar-refractivity contribution in [3.63, 3.8) is 0 Å². The molecule has 3 heterocycles. The minimum absolute atomic E-state index is 0.232. The summed E-state index contributed by atoms with van der Waals surface area (Å²) in [4.78, 5) is 33.1. The highest BCUT2D eigenvalue weighted by molar-refractivity contribution is 7.16. The third-order valence-electron chi connectivity index (χ3n) is 6.75. The molecule has 38 heavy (non-hydrogen) atoms. The largest absolute Gasteiger partial charge is 0.376 e. The van der Waals surface area contributed by atoms with Gasteiger partial charge in [0.25, 0.3) is 5.91 Å². The highest BCUT2D eigenvalue weighted by Crippen LogP contribution is 2.38. The number of aromatic nitrogens is 1. The van der Waals surface area contributed by atoms with Crippen LogP contribution >= 0.6 is 11.3 Å². The smallest absolute Gasteiger partial charge is 0.324 e. The van der Waals surface area contributed by atoms with E-state index >= 15 is 0 Å². The summed E-state index contributed by atoms with van der Waals surface area (Å²) in [7, 11) is 0. The van der Waals surface area contributed by atoms with Crippen LogP contribution in [-0.4, -0.2) is 51.8 Å². The van der Waals surface area contributed by atoms with E-state index in [0.717, 1.165) is 21.6 Å². The quantitative estimate of drug-likeness (QED) is 0.335. The number of piperazine rings is 1. The molecule has 1 atom stereocenters. The minimum Gasteiger partial charge on any atom is -0.376 e. The molecule has 1 aliphatic rings. The van der Waals surface area contributed by atoms with Crippen molar-refractivity contribution in [1.29, 1.82) is 0 Å². The summed E-state index contributed by atoms with van der Waals surface area (Å²) in [5.41, 5.74) is 2.37. The van der Waals surface area contributed by atoms with Gasteiger partial charge in [-0.2, -0.15) is 4.39 Å². The molecule has 10 heteroatoms. The van der Waals surface area contributed by atoms with Gasteiger partial charge >= 0.3 is 6.03 Å². The molecule has 8 nitrogen and oxygen atoms in total. The van der Waals surface area contributed by atoms with Crippen molar-refractivity contribution in [1.82, 2.24) is 15.2 Å². The summed E-state index contributed by atoms with van der Waals surface area (Å²) in [5.74, 6) is -0.811. The maximum atomic E-state index is 13.7. The number of nitrogens with one attached hydrogen (secondary N) is 3. The minimum atomic E-state index is -0.868. The topological polar surface area (TPSA) is 107 Å². The average molecular weight is 540 g/mol. The first-order valence-electron chi connectivity index (χ1n) is 12.5. The molecule has 202 valence electrons. The second-order valence-corrected chi connectivity index (χ2v) is 12.1. The Morgan fingerprint density at radius 2 is 1.92 bits per heavy atom. The zero-order chi connectivity index (χ0) is 27.8. The molecular weight excluding hydrogens is 505 g/mol. The molecule has 0 saturated carbocycles. The molecule has 3 aromatic rings. The van der Waals surface area contributed by atoms with Crippen molar-refractivity contribution in [2.45, 2.75) is 58.7 Å². The van der Waals surface area contributed by atoms with Gasteiger partial charge in [-0.25, -0.2) is 9.78 Å². The lowest BCUT2D eigenvalue weighted by molar-refractivity contribution is -0.0420. The van der Waals surface area contributed by atoms with Crippen LogP contribution < -0.4 is 16.0 Å². The fourth-order valence-corrected chi connectivity index (χ4v) is 5.43. The van der Waals surface area contributed by atoms with Crippen LogP contribution in [0.15, 0.2) is 42.6 Å². The Morgan fingerprint density at radius 1 is 1.18 bits per heavy atom. The first-order chi connectivity index (χ1) is 17.8. The average Bonchev–Trinajstić information content (AvgIpc) is 3.26. The number of thiophene rings is 1. The fourth-order valence-electron chi connectivity index (χ4n) is 4.33. The molecule has 1 unspecified atom stereocenters. The molecule has 4 rings (SSSR count). The van der Waals surface area contributed by atoms with Crippen LogP contribution in [0.3, 0.4) is 0 Å². The number of amides is 3. The van der Waals surface area contributed by atoms with E-state index in [1.165, 1.54) is 23.6 Å². The summed E-state index contributed by atoms with van der Waals surface area (Å²) < 4.78 is 13.3. The Hall–Kier alpha value is -3.34. The molecule has 1 saturated heterocycles. The van der Waals surface area contributed by atoms with Gasteiger partial charge in [0.1, 0.15) is 11.2 Å². The van der Waals surface area contributed by atoms with E-state index in [2.05, 4.69) is 20.9 Å². The van der Waals surface area contributed by atoms with Gasteiger partial charge in [0.05, 0.1) is 11.1 Å². The van der Waals surface area contributed by atoms with E-state index in [0.29, 0.717) is 29.3 Å². The molecule has 0 radical (unpaired) electrons. The number of halogens is 1. The van der Waals surface area contributed by atoms with Gasteiger partial charge in [-0.15, -0.1) is 11.3 Å². The van der Waals surface area contributed by atoms with Crippen molar-refractivity contribution < 1.29 is 19.1 Å². The van der Waals surface area contributed by atoms with Crippen molar-refractivity contribution >= 4 is 34.0 Å². The van der Waals surface area contributed by atoms with Crippen LogP contribution in [0.4, 0.5) is 19.9 Å². The second-order valence-electron chi connectivity index (χ2n) is 11.0. The van der Waals surface area contributed by atoms with Crippen molar-refractivity contribution in [3.05, 3.63) is 64.5 Å². The SMILES string of the molecule is Cc1ccc(NC(=O)Nc2sc(C(C)(C)C)cc2C(=O)N2CCNC(O)C2(C)C)cc1-c1ccc(F)nc1. The van der Waals surface area contributed by atoms with Gasteiger partial charge in [-0.05, 0) is 67.6 Å². The van der Waals surface area contributed by atoms with Crippen LogP contribution in [0, 0.1) is 12.9 Å². The molecule has 0 bridgehead atoms. The number of aliphatic hydroxyl groups excluding tert-OH is 1. The maximum absolute atomic E-state index is 13.7. The number of rotatable bonds is 4. The monoisotopic (exact) mass is 539 g/mol. The number of hydrogen-bond donors (Lipinski definition) is 4. The van der Waals surface area contributed by atoms with Gasteiger partial charge in [-0.1, -0.05) is 26.8 Å². The number of nitrogens with zero attached hydrogens (tertiary/aromatic N) is 2. The van der Waals surface area contributed by atoms with E-state index in [4.69, 9.17) is 0 Å². The van der Waals surface area contributed by atoms with Gasteiger partial charge in [0, 0.05) is 35.4 Å². The number of benzene rings is 1. The number of anilines is 2. The Bertz CT molecular complexity index is 1350. The Labute approximate surface area is 226 Å². The highest BCUT2D eigenvalue weighted by atomic mass is 32.1. The third kappa shape index (κ3) is 5.72. The Kier molecular flexibility index (Phi) is 7.60. The number of aryl methyl sites for hydroxylation is 1. The number of hydrogen-bond acceptors (Lipinski definition) is 6. The molecule has 1 aromatic carbocycles. The van der Waals surface area contributed by atoms with Crippen molar-refractivity contribution in [2.24, 2.45) is 0 Å². The summed E-state index contributed by atoms with van der Waals surface area (Å²) in [6, 6.07) is 9.72. The van der Waals surface area contributed by atoms with E-state index < -0.39 is 23.7 Å². The van der Waals surface area contributed by atoms with E-state index in [1.54, 1.807) is 23.1 Å². The van der Waals surface area contributed by atoms with Crippen LogP contribution in [0.2, 0.25) is 0 Å². The van der Waals surface area contributed by atoms with E-state index in [1.807, 2.05) is 53.7 Å². The maximum Gasteiger partial charge on any atom is 0.324 e. The van der Waals surface area contributed by atoms with E-state index in [-0.39, 0.29) is 11.3 Å². The highest BCUT2D eigenvalue weighted by Gasteiger charge is 2.41. The van der Waals surface area contributed by atoms with E-state index in [9.17, 15) is 19.1 Å². The van der Waals surface area contributed by atoms with Crippen molar-refractivity contribution in [3.8, 4) is 11.1 Å². The first kappa shape index (κ1) is 27.7. The molecular formula is C28H34FN5O3S. The molecule has 0 aliphatic carbocycles. The molecule has 3 amide bonds. The van der Waals surface area contributed by atoms with Crippen LogP contribution in [0.1, 0.15) is 55.4 Å². The summed E-state index contributed by atoms with van der Waals surface area (Å²) in [6.45, 7) is 12.6. The standard InChI is InChI=1S/C28H34FN5O3S/c1-16-7-9-18(13-19(16)17-8-10-22(29)31-15-17)32-26(37)33-23-20(14-21(38-23)27(2,3)4)24(35)34-12-11-30-25(36)28(34,5)6/h7-10,13-15,25,30,36H,11-12H2,1-6H3,(H2,32,33,37). The molecule has 1 fully saturated rings. The normalized spacial score (nSPS) is 17.3. The summed E-state index contributed by atoms with van der Waals surface area (Å²) in [5, 5.41) is 19.6. The van der Waals surface area contributed by atoms with Gasteiger partial charge in [0.2, 0.25) is 5.95 Å². The van der Waals surface area contributed by atoms with Gasteiger partial charge in [-0.3, -0.25) is 15.4 Å². The Balaban J connectivity index is 1.60. The number of urea groups is 1. The number of carbonyl (C=O) groups excluding carboxylic acids is 2. The lowest BCUT2D eigenvalue weighted by Gasteiger charge is -2.46. The lowest BCUT2D eigenvalue weighted by Crippen LogP contribution is -2.65. The number of carbonyl (C=O) groups is 2. The predicted molar refractivity (Wildman–Crippen MR) is 149 cm³/mol. The summed E-state index contributed by atoms with van der Waals surface area (Å²) in [6.07, 6.45) is 0.584. The first-order valence-corrected chi connectivity index (χ1v) is 13.3. The molecule has 0 spiro atoms. The zero-order valence-electron chi connectivity index (χ0n) is 22.5. The molecule has 1 aliphatic heterocycles. The van der Waals surface area contributed by atoms with Crippen LogP contribution in [0.5, 0.6) is 0 Å². The van der Waals surface area contributed by atoms with Crippen LogP contribution in [-0.2, 0) is 5.41 Å². The molecule has 2 aromatic heterocycles.